The van der Waals surface area contributed by atoms with Gasteiger partial charge in [-0.1, -0.05) is 0 Å². The van der Waals surface area contributed by atoms with Gasteiger partial charge in [0.2, 0.25) is 0 Å². The average molecular weight is 348 g/mol. The van der Waals surface area contributed by atoms with Crippen LogP contribution < -0.4 is 9.62 Å². The predicted molar refractivity (Wildman–Crippen MR) is 90.2 cm³/mol. The molecule has 2 aromatic rings. The molecule has 1 N–H and O–H groups in total. The maximum Gasteiger partial charge on any atom is 0.273 e. The van der Waals surface area contributed by atoms with E-state index in [2.05, 4.69) is 28.5 Å². The van der Waals surface area contributed by atoms with Crippen molar-refractivity contribution in [3.8, 4) is 0 Å². The number of nitrogens with zero attached hydrogens (tertiary/aromatic N) is 2. The topological polar surface area (TPSA) is 62.3 Å². The van der Waals surface area contributed by atoms with Crippen molar-refractivity contribution >= 4 is 45.1 Å². The van der Waals surface area contributed by atoms with E-state index in [9.17, 15) is 8.42 Å². The average Bonchev–Trinajstić information content (AvgIpc) is 2.96. The maximum atomic E-state index is 12.0. The molecule has 116 valence electrons. The molecule has 0 spiro atoms. The third-order valence-corrected chi connectivity index (χ3v) is 5.57. The SMILES string of the molecule is CCN(CC)c1ccc(NS(=O)(=O)c2cncs2)cc1.Cl. The fourth-order valence-electron chi connectivity index (χ4n) is 1.87. The van der Waals surface area contributed by atoms with E-state index in [1.807, 2.05) is 12.1 Å². The van der Waals surface area contributed by atoms with Crippen LogP contribution in [0.4, 0.5) is 11.4 Å². The largest absolute Gasteiger partial charge is 0.372 e. The Bertz CT molecular complexity index is 639. The third-order valence-electron chi connectivity index (χ3n) is 2.92. The highest BCUT2D eigenvalue weighted by Gasteiger charge is 2.15. The molecule has 5 nitrogen and oxygen atoms in total. The molecular weight excluding hydrogens is 330 g/mol. The van der Waals surface area contributed by atoms with Crippen LogP contribution in [-0.4, -0.2) is 26.5 Å². The molecule has 0 saturated carbocycles. The number of benzene rings is 1. The number of anilines is 2. The van der Waals surface area contributed by atoms with Gasteiger partial charge in [0.05, 0.1) is 11.7 Å². The zero-order valence-electron chi connectivity index (χ0n) is 11.8. The minimum absolute atomic E-state index is 0. The van der Waals surface area contributed by atoms with Crippen LogP contribution in [0.5, 0.6) is 0 Å². The molecule has 21 heavy (non-hydrogen) atoms. The molecule has 0 unspecified atom stereocenters. The summed E-state index contributed by atoms with van der Waals surface area (Å²) >= 11 is 1.09. The Morgan fingerprint density at radius 1 is 1.19 bits per heavy atom. The molecule has 0 aliphatic heterocycles. The van der Waals surface area contributed by atoms with Crippen molar-refractivity contribution in [3.05, 3.63) is 36.0 Å². The van der Waals surface area contributed by atoms with Crippen LogP contribution in [-0.2, 0) is 10.0 Å². The first-order valence-corrected chi connectivity index (χ1v) is 8.69. The number of rotatable bonds is 6. The molecule has 0 bridgehead atoms. The molecule has 2 rings (SSSR count). The van der Waals surface area contributed by atoms with E-state index >= 15 is 0 Å². The van der Waals surface area contributed by atoms with Gasteiger partial charge in [-0.25, -0.2) is 8.42 Å². The highest BCUT2D eigenvalue weighted by Crippen LogP contribution is 2.21. The molecule has 1 aromatic heterocycles. The Morgan fingerprint density at radius 3 is 2.29 bits per heavy atom. The zero-order chi connectivity index (χ0) is 14.6. The standard InChI is InChI=1S/C13H17N3O2S2.ClH/c1-3-16(4-2)12-7-5-11(6-8-12)15-20(17,18)13-9-14-10-19-13;/h5-10,15H,3-4H2,1-2H3;1H. The number of hydrogen-bond donors (Lipinski definition) is 1. The number of hydrogen-bond acceptors (Lipinski definition) is 5. The normalized spacial score (nSPS) is 10.8. The first kappa shape index (κ1) is 17.7. The summed E-state index contributed by atoms with van der Waals surface area (Å²) in [5.74, 6) is 0. The Labute approximate surface area is 135 Å². The van der Waals surface area contributed by atoms with Crippen LogP contribution in [0.1, 0.15) is 13.8 Å². The first-order valence-electron chi connectivity index (χ1n) is 6.33. The van der Waals surface area contributed by atoms with Crippen LogP contribution in [0.2, 0.25) is 0 Å². The minimum atomic E-state index is -3.52. The van der Waals surface area contributed by atoms with E-state index in [0.29, 0.717) is 5.69 Å². The minimum Gasteiger partial charge on any atom is -0.372 e. The Balaban J connectivity index is 0.00000220. The van der Waals surface area contributed by atoms with Gasteiger partial charge in [-0.3, -0.25) is 9.71 Å². The Hall–Kier alpha value is -1.31. The third kappa shape index (κ3) is 4.33. The van der Waals surface area contributed by atoms with E-state index in [4.69, 9.17) is 0 Å². The molecule has 0 amide bonds. The number of halogens is 1. The summed E-state index contributed by atoms with van der Waals surface area (Å²) < 4.78 is 26.8. The molecule has 1 aromatic carbocycles. The number of aromatic nitrogens is 1. The summed E-state index contributed by atoms with van der Waals surface area (Å²) in [5, 5.41) is 0. The smallest absolute Gasteiger partial charge is 0.273 e. The molecule has 0 aliphatic rings. The van der Waals surface area contributed by atoms with Crippen molar-refractivity contribution < 1.29 is 8.42 Å². The van der Waals surface area contributed by atoms with Crippen LogP contribution in [0.15, 0.2) is 40.2 Å². The predicted octanol–water partition coefficient (Wildman–Crippen LogP) is 3.21. The fourth-order valence-corrected chi connectivity index (χ4v) is 3.73. The molecule has 1 heterocycles. The van der Waals surface area contributed by atoms with E-state index in [1.54, 1.807) is 12.1 Å². The molecule has 0 atom stereocenters. The van der Waals surface area contributed by atoms with Gasteiger partial charge >= 0.3 is 0 Å². The van der Waals surface area contributed by atoms with Crippen molar-refractivity contribution in [2.45, 2.75) is 18.1 Å². The second-order valence-electron chi connectivity index (χ2n) is 4.15. The van der Waals surface area contributed by atoms with Crippen molar-refractivity contribution in [3.63, 3.8) is 0 Å². The molecular formula is C13H18ClN3O2S2. The lowest BCUT2D eigenvalue weighted by Gasteiger charge is -2.21. The van der Waals surface area contributed by atoms with Gasteiger partial charge in [0.15, 0.2) is 4.21 Å². The van der Waals surface area contributed by atoms with Crippen molar-refractivity contribution in [2.75, 3.05) is 22.7 Å². The van der Waals surface area contributed by atoms with E-state index in [0.717, 1.165) is 30.1 Å². The molecule has 0 saturated heterocycles. The highest BCUT2D eigenvalue weighted by molar-refractivity contribution is 7.94. The number of thiazole rings is 1. The lowest BCUT2D eigenvalue weighted by Crippen LogP contribution is -2.21. The van der Waals surface area contributed by atoms with Gasteiger partial charge in [0.25, 0.3) is 10.0 Å². The summed E-state index contributed by atoms with van der Waals surface area (Å²) in [6.07, 6.45) is 1.34. The Kier molecular flexibility index (Phi) is 6.44. The summed E-state index contributed by atoms with van der Waals surface area (Å²) in [4.78, 5) is 5.98. The second kappa shape index (κ2) is 7.63. The quantitative estimate of drug-likeness (QED) is 0.871. The van der Waals surface area contributed by atoms with Gasteiger partial charge < -0.3 is 4.90 Å². The van der Waals surface area contributed by atoms with Crippen molar-refractivity contribution in [2.24, 2.45) is 0 Å². The Morgan fingerprint density at radius 2 is 1.81 bits per heavy atom. The fraction of sp³-hybridized carbons (Fsp3) is 0.308. The monoisotopic (exact) mass is 347 g/mol. The van der Waals surface area contributed by atoms with Gasteiger partial charge in [0, 0.05) is 24.5 Å². The second-order valence-corrected chi connectivity index (χ2v) is 6.94. The van der Waals surface area contributed by atoms with E-state index in [1.165, 1.54) is 11.7 Å². The van der Waals surface area contributed by atoms with Crippen LogP contribution in [0.3, 0.4) is 0 Å². The van der Waals surface area contributed by atoms with Crippen LogP contribution in [0, 0.1) is 0 Å². The molecule has 0 aliphatic carbocycles. The van der Waals surface area contributed by atoms with Crippen molar-refractivity contribution in [1.82, 2.24) is 4.98 Å². The summed E-state index contributed by atoms with van der Waals surface area (Å²) in [6, 6.07) is 7.37. The number of nitrogens with one attached hydrogen (secondary N) is 1. The van der Waals surface area contributed by atoms with Gasteiger partial charge in [-0.2, -0.15) is 0 Å². The lowest BCUT2D eigenvalue weighted by molar-refractivity contribution is 0.603. The lowest BCUT2D eigenvalue weighted by atomic mass is 10.2. The maximum absolute atomic E-state index is 12.0. The number of sulfonamides is 1. The first-order chi connectivity index (χ1) is 9.56. The zero-order valence-corrected chi connectivity index (χ0v) is 14.3. The van der Waals surface area contributed by atoms with Gasteiger partial charge in [-0.15, -0.1) is 23.7 Å². The van der Waals surface area contributed by atoms with Gasteiger partial charge in [-0.05, 0) is 38.1 Å². The van der Waals surface area contributed by atoms with Gasteiger partial charge in [0.1, 0.15) is 0 Å². The van der Waals surface area contributed by atoms with Crippen molar-refractivity contribution in [1.29, 1.82) is 0 Å². The molecule has 0 fully saturated rings. The summed E-state index contributed by atoms with van der Waals surface area (Å²) in [7, 11) is -3.52. The van der Waals surface area contributed by atoms with Crippen LogP contribution in [0.25, 0.3) is 0 Å². The molecule has 8 heteroatoms. The van der Waals surface area contributed by atoms with Crippen LogP contribution >= 0.6 is 23.7 Å². The van der Waals surface area contributed by atoms with E-state index in [-0.39, 0.29) is 16.6 Å². The molecule has 0 radical (unpaired) electrons. The van der Waals surface area contributed by atoms with E-state index < -0.39 is 10.0 Å². The summed E-state index contributed by atoms with van der Waals surface area (Å²) in [5.41, 5.74) is 3.13. The highest BCUT2D eigenvalue weighted by atomic mass is 35.5. The summed E-state index contributed by atoms with van der Waals surface area (Å²) in [6.45, 7) is 6.01.